The zero-order valence-electron chi connectivity index (χ0n) is 10.7. The van der Waals surface area contributed by atoms with E-state index in [0.29, 0.717) is 6.04 Å². The second kappa shape index (κ2) is 4.82. The fourth-order valence-electron chi connectivity index (χ4n) is 2.62. The van der Waals surface area contributed by atoms with Gasteiger partial charge in [0.1, 0.15) is 10.8 Å². The standard InChI is InChI=1S/C13H17N3OS/c1-9-11(10(2)17-15-9)8-16-6-3-4-12(16)13-14-5-7-18-13/h5,7,12H,3-4,6,8H2,1-2H3. The molecule has 0 saturated carbocycles. The van der Waals surface area contributed by atoms with Gasteiger partial charge < -0.3 is 4.52 Å². The average Bonchev–Trinajstić information content (AvgIpc) is 3.06. The van der Waals surface area contributed by atoms with Crippen LogP contribution in [0.15, 0.2) is 16.1 Å². The molecule has 4 nitrogen and oxygen atoms in total. The molecule has 1 aliphatic rings. The quantitative estimate of drug-likeness (QED) is 0.853. The van der Waals surface area contributed by atoms with E-state index in [1.54, 1.807) is 11.3 Å². The van der Waals surface area contributed by atoms with Gasteiger partial charge in [-0.3, -0.25) is 4.90 Å². The summed E-state index contributed by atoms with van der Waals surface area (Å²) in [5, 5.41) is 7.32. The van der Waals surface area contributed by atoms with E-state index in [0.717, 1.165) is 24.5 Å². The summed E-state index contributed by atoms with van der Waals surface area (Å²) in [5.74, 6) is 0.942. The van der Waals surface area contributed by atoms with Gasteiger partial charge in [0.05, 0.1) is 11.7 Å². The van der Waals surface area contributed by atoms with E-state index < -0.39 is 0 Å². The van der Waals surface area contributed by atoms with E-state index in [4.69, 9.17) is 4.52 Å². The highest BCUT2D eigenvalue weighted by Crippen LogP contribution is 2.34. The summed E-state index contributed by atoms with van der Waals surface area (Å²) in [6.07, 6.45) is 4.34. The zero-order chi connectivity index (χ0) is 12.5. The Morgan fingerprint density at radius 3 is 3.06 bits per heavy atom. The zero-order valence-corrected chi connectivity index (χ0v) is 11.5. The van der Waals surface area contributed by atoms with E-state index >= 15 is 0 Å². The fourth-order valence-corrected chi connectivity index (χ4v) is 3.43. The highest BCUT2D eigenvalue weighted by molar-refractivity contribution is 7.09. The van der Waals surface area contributed by atoms with Crippen molar-refractivity contribution in [1.82, 2.24) is 15.0 Å². The summed E-state index contributed by atoms with van der Waals surface area (Å²) in [4.78, 5) is 6.95. The molecule has 1 saturated heterocycles. The molecule has 0 bridgehead atoms. The summed E-state index contributed by atoms with van der Waals surface area (Å²) >= 11 is 1.75. The molecular formula is C13H17N3OS. The molecule has 0 aliphatic carbocycles. The number of likely N-dealkylation sites (tertiary alicyclic amines) is 1. The molecular weight excluding hydrogens is 246 g/mol. The molecule has 1 fully saturated rings. The van der Waals surface area contributed by atoms with Crippen LogP contribution in [0, 0.1) is 13.8 Å². The summed E-state index contributed by atoms with van der Waals surface area (Å²) in [6.45, 7) is 6.06. The minimum atomic E-state index is 0.471. The third-order valence-corrected chi connectivity index (χ3v) is 4.52. The van der Waals surface area contributed by atoms with Crippen molar-refractivity contribution in [2.45, 2.75) is 39.3 Å². The summed E-state index contributed by atoms with van der Waals surface area (Å²) in [7, 11) is 0. The SMILES string of the molecule is Cc1noc(C)c1CN1CCCC1c1nccs1. The molecule has 96 valence electrons. The van der Waals surface area contributed by atoms with E-state index in [9.17, 15) is 0 Å². The van der Waals surface area contributed by atoms with E-state index in [-0.39, 0.29) is 0 Å². The number of hydrogen-bond donors (Lipinski definition) is 0. The molecule has 1 aliphatic heterocycles. The van der Waals surface area contributed by atoms with Crippen LogP contribution in [0.4, 0.5) is 0 Å². The largest absolute Gasteiger partial charge is 0.361 e. The van der Waals surface area contributed by atoms with Crippen molar-refractivity contribution in [3.8, 4) is 0 Å². The van der Waals surface area contributed by atoms with Gasteiger partial charge in [-0.1, -0.05) is 5.16 Å². The maximum Gasteiger partial charge on any atom is 0.138 e. The smallest absolute Gasteiger partial charge is 0.138 e. The minimum absolute atomic E-state index is 0.471. The van der Waals surface area contributed by atoms with Gasteiger partial charge in [-0.2, -0.15) is 0 Å². The number of thiazole rings is 1. The van der Waals surface area contributed by atoms with Crippen LogP contribution >= 0.6 is 11.3 Å². The summed E-state index contributed by atoms with van der Waals surface area (Å²) in [5.41, 5.74) is 2.25. The van der Waals surface area contributed by atoms with Crippen LogP contribution in [0.2, 0.25) is 0 Å². The predicted octanol–water partition coefficient (Wildman–Crippen LogP) is 3.09. The molecule has 0 radical (unpaired) electrons. The van der Waals surface area contributed by atoms with Gasteiger partial charge in [0.15, 0.2) is 0 Å². The Morgan fingerprint density at radius 2 is 2.39 bits per heavy atom. The molecule has 3 heterocycles. The maximum absolute atomic E-state index is 5.24. The van der Waals surface area contributed by atoms with Gasteiger partial charge in [0.25, 0.3) is 0 Å². The van der Waals surface area contributed by atoms with Crippen molar-refractivity contribution >= 4 is 11.3 Å². The Labute approximate surface area is 111 Å². The van der Waals surface area contributed by atoms with Crippen molar-refractivity contribution in [2.24, 2.45) is 0 Å². The van der Waals surface area contributed by atoms with E-state index in [1.165, 1.54) is 23.4 Å². The van der Waals surface area contributed by atoms with Crippen molar-refractivity contribution in [3.63, 3.8) is 0 Å². The Hall–Kier alpha value is -1.20. The first-order valence-corrected chi connectivity index (χ1v) is 7.19. The van der Waals surface area contributed by atoms with Gasteiger partial charge in [0, 0.05) is 23.7 Å². The van der Waals surface area contributed by atoms with Gasteiger partial charge in [0.2, 0.25) is 0 Å². The molecule has 0 N–H and O–H groups in total. The van der Waals surface area contributed by atoms with Crippen molar-refractivity contribution < 1.29 is 4.52 Å². The van der Waals surface area contributed by atoms with Crippen molar-refractivity contribution in [2.75, 3.05) is 6.54 Å². The third kappa shape index (κ3) is 2.08. The lowest BCUT2D eigenvalue weighted by Crippen LogP contribution is -2.23. The van der Waals surface area contributed by atoms with E-state index in [2.05, 4.69) is 20.4 Å². The molecule has 3 rings (SSSR count). The lowest BCUT2D eigenvalue weighted by Gasteiger charge is -2.22. The second-order valence-corrected chi connectivity index (χ2v) is 5.73. The van der Waals surface area contributed by atoms with Crippen LogP contribution in [0.3, 0.4) is 0 Å². The number of hydrogen-bond acceptors (Lipinski definition) is 5. The normalized spacial score (nSPS) is 20.7. The first-order valence-electron chi connectivity index (χ1n) is 6.31. The Balaban J connectivity index is 1.80. The van der Waals surface area contributed by atoms with Crippen LogP contribution in [-0.2, 0) is 6.54 Å². The highest BCUT2D eigenvalue weighted by atomic mass is 32.1. The van der Waals surface area contributed by atoms with Crippen LogP contribution in [0.1, 0.15) is 40.9 Å². The lowest BCUT2D eigenvalue weighted by atomic mass is 10.1. The van der Waals surface area contributed by atoms with Gasteiger partial charge in [-0.15, -0.1) is 11.3 Å². The van der Waals surface area contributed by atoms with Gasteiger partial charge >= 0.3 is 0 Å². The number of aromatic nitrogens is 2. The molecule has 5 heteroatoms. The minimum Gasteiger partial charge on any atom is -0.361 e. The Bertz CT molecular complexity index is 501. The van der Waals surface area contributed by atoms with Crippen LogP contribution in [0.5, 0.6) is 0 Å². The third-order valence-electron chi connectivity index (χ3n) is 3.64. The van der Waals surface area contributed by atoms with Crippen LogP contribution < -0.4 is 0 Å². The Kier molecular flexibility index (Phi) is 3.18. The van der Waals surface area contributed by atoms with Crippen molar-refractivity contribution in [1.29, 1.82) is 0 Å². The van der Waals surface area contributed by atoms with Crippen molar-refractivity contribution in [3.05, 3.63) is 33.6 Å². The number of nitrogens with zero attached hydrogens (tertiary/aromatic N) is 3. The lowest BCUT2D eigenvalue weighted by molar-refractivity contribution is 0.246. The molecule has 1 atom stereocenters. The Morgan fingerprint density at radius 1 is 1.50 bits per heavy atom. The molecule has 1 unspecified atom stereocenters. The van der Waals surface area contributed by atoms with Crippen LogP contribution in [0.25, 0.3) is 0 Å². The first-order chi connectivity index (χ1) is 8.75. The molecule has 0 spiro atoms. The van der Waals surface area contributed by atoms with Gasteiger partial charge in [-0.05, 0) is 33.2 Å². The molecule has 2 aromatic heterocycles. The maximum atomic E-state index is 5.24. The number of aryl methyl sites for hydroxylation is 2. The second-order valence-electron chi connectivity index (χ2n) is 4.80. The summed E-state index contributed by atoms with van der Waals surface area (Å²) < 4.78 is 5.24. The average molecular weight is 263 g/mol. The fraction of sp³-hybridized carbons (Fsp3) is 0.538. The summed E-state index contributed by atoms with van der Waals surface area (Å²) in [6, 6.07) is 0.471. The molecule has 18 heavy (non-hydrogen) atoms. The topological polar surface area (TPSA) is 42.2 Å². The monoisotopic (exact) mass is 263 g/mol. The molecule has 0 aromatic carbocycles. The first kappa shape index (κ1) is 11.9. The number of rotatable bonds is 3. The van der Waals surface area contributed by atoms with Gasteiger partial charge in [-0.25, -0.2) is 4.98 Å². The van der Waals surface area contributed by atoms with Crippen LogP contribution in [-0.4, -0.2) is 21.6 Å². The van der Waals surface area contributed by atoms with E-state index in [1.807, 2.05) is 20.0 Å². The molecule has 0 amide bonds. The highest BCUT2D eigenvalue weighted by Gasteiger charge is 2.29. The predicted molar refractivity (Wildman–Crippen MR) is 70.5 cm³/mol. The molecule has 2 aromatic rings.